The first-order valence-corrected chi connectivity index (χ1v) is 5.61. The normalized spacial score (nSPS) is 10.2. The number of nitrogens with zero attached hydrogens (tertiary/aromatic N) is 1. The Bertz CT molecular complexity index is 649. The number of rotatable bonds is 3. The van der Waals surface area contributed by atoms with Crippen LogP contribution in [-0.2, 0) is 0 Å². The summed E-state index contributed by atoms with van der Waals surface area (Å²) in [6.07, 6.45) is 0. The maximum absolute atomic E-state index is 12.9. The van der Waals surface area contributed by atoms with Crippen LogP contribution in [0.25, 0.3) is 0 Å². The minimum Gasteiger partial charge on any atom is -0.393 e. The van der Waals surface area contributed by atoms with E-state index >= 15 is 0 Å². The third-order valence-corrected chi connectivity index (χ3v) is 2.75. The lowest BCUT2D eigenvalue weighted by Gasteiger charge is -2.09. The fourth-order valence-electron chi connectivity index (χ4n) is 1.54. The largest absolute Gasteiger partial charge is 0.393 e. The number of anilines is 3. The number of hydrogen-bond donors (Lipinski definition) is 2. The number of nitrogens with one attached hydrogen (secondary N) is 1. The highest BCUT2D eigenvalue weighted by molar-refractivity contribution is 6.33. The SMILES string of the molecule is Nc1cc(Nc2ccc(F)cc2Cl)ccc1[N+](=O)[O-]. The zero-order chi connectivity index (χ0) is 14.0. The maximum Gasteiger partial charge on any atom is 0.292 e. The summed E-state index contributed by atoms with van der Waals surface area (Å²) in [6, 6.07) is 8.08. The van der Waals surface area contributed by atoms with Crippen molar-refractivity contribution in [3.05, 3.63) is 57.4 Å². The van der Waals surface area contributed by atoms with Crippen molar-refractivity contribution in [2.45, 2.75) is 0 Å². The van der Waals surface area contributed by atoms with Gasteiger partial charge in [-0.1, -0.05) is 11.6 Å². The van der Waals surface area contributed by atoms with Crippen molar-refractivity contribution in [2.75, 3.05) is 11.1 Å². The topological polar surface area (TPSA) is 81.2 Å². The van der Waals surface area contributed by atoms with E-state index in [1.54, 1.807) is 0 Å². The molecule has 2 rings (SSSR count). The Morgan fingerprint density at radius 1 is 1.26 bits per heavy atom. The second kappa shape index (κ2) is 5.11. The third-order valence-electron chi connectivity index (χ3n) is 2.43. The smallest absolute Gasteiger partial charge is 0.292 e. The average Bonchev–Trinajstić information content (AvgIpc) is 2.32. The van der Waals surface area contributed by atoms with Crippen molar-refractivity contribution in [3.63, 3.8) is 0 Å². The molecule has 0 unspecified atom stereocenters. The molecule has 0 fully saturated rings. The fraction of sp³-hybridized carbons (Fsp3) is 0. The first-order valence-electron chi connectivity index (χ1n) is 5.23. The molecule has 0 aliphatic carbocycles. The van der Waals surface area contributed by atoms with Gasteiger partial charge in [0.05, 0.1) is 15.6 Å². The van der Waals surface area contributed by atoms with Gasteiger partial charge in [0.2, 0.25) is 0 Å². The molecule has 0 atom stereocenters. The Kier molecular flexibility index (Phi) is 3.52. The van der Waals surface area contributed by atoms with Crippen LogP contribution in [0.15, 0.2) is 36.4 Å². The van der Waals surface area contributed by atoms with Crippen LogP contribution in [-0.4, -0.2) is 4.92 Å². The molecule has 3 N–H and O–H groups in total. The number of nitro benzene ring substituents is 1. The van der Waals surface area contributed by atoms with E-state index in [0.717, 1.165) is 0 Å². The molecule has 2 aromatic rings. The van der Waals surface area contributed by atoms with E-state index < -0.39 is 10.7 Å². The summed E-state index contributed by atoms with van der Waals surface area (Å²) < 4.78 is 12.9. The number of halogens is 2. The third kappa shape index (κ3) is 2.92. The van der Waals surface area contributed by atoms with Crippen molar-refractivity contribution in [1.29, 1.82) is 0 Å². The zero-order valence-corrected chi connectivity index (χ0v) is 10.3. The molecule has 0 saturated carbocycles. The lowest BCUT2D eigenvalue weighted by molar-refractivity contribution is -0.383. The Morgan fingerprint density at radius 3 is 2.58 bits per heavy atom. The minimum atomic E-state index is -0.565. The van der Waals surface area contributed by atoms with E-state index in [0.29, 0.717) is 11.4 Å². The minimum absolute atomic E-state index is 0.0354. The molecule has 0 bridgehead atoms. The molecule has 0 spiro atoms. The van der Waals surface area contributed by atoms with Gasteiger partial charge in [0.25, 0.3) is 5.69 Å². The Morgan fingerprint density at radius 2 is 2.00 bits per heavy atom. The highest BCUT2D eigenvalue weighted by Crippen LogP contribution is 2.29. The number of nitrogen functional groups attached to an aromatic ring is 1. The summed E-state index contributed by atoms with van der Waals surface area (Å²) >= 11 is 5.86. The summed E-state index contributed by atoms with van der Waals surface area (Å²) in [5, 5.41) is 13.7. The molecular formula is C12H9ClFN3O2. The van der Waals surface area contributed by atoms with Gasteiger partial charge in [-0.15, -0.1) is 0 Å². The van der Waals surface area contributed by atoms with Crippen molar-refractivity contribution >= 4 is 34.4 Å². The van der Waals surface area contributed by atoms with Gasteiger partial charge in [0.1, 0.15) is 11.5 Å². The van der Waals surface area contributed by atoms with Gasteiger partial charge in [-0.25, -0.2) is 4.39 Å². The van der Waals surface area contributed by atoms with Crippen molar-refractivity contribution in [2.24, 2.45) is 0 Å². The van der Waals surface area contributed by atoms with Crippen molar-refractivity contribution in [1.82, 2.24) is 0 Å². The molecular weight excluding hydrogens is 273 g/mol. The predicted octanol–water partition coefficient (Wildman–Crippen LogP) is 3.71. The van der Waals surface area contributed by atoms with Crippen LogP contribution in [0.3, 0.4) is 0 Å². The molecule has 5 nitrogen and oxygen atoms in total. The van der Waals surface area contributed by atoms with Gasteiger partial charge in [-0.05, 0) is 30.3 Å². The van der Waals surface area contributed by atoms with Crippen LogP contribution in [0.5, 0.6) is 0 Å². The van der Waals surface area contributed by atoms with E-state index in [9.17, 15) is 14.5 Å². The molecule has 0 saturated heterocycles. The maximum atomic E-state index is 12.9. The van der Waals surface area contributed by atoms with Crippen LogP contribution < -0.4 is 11.1 Å². The van der Waals surface area contributed by atoms with E-state index in [1.165, 1.54) is 36.4 Å². The molecule has 19 heavy (non-hydrogen) atoms. The number of benzene rings is 2. The Labute approximate surface area is 113 Å². The monoisotopic (exact) mass is 281 g/mol. The van der Waals surface area contributed by atoms with Gasteiger partial charge in [0, 0.05) is 11.8 Å². The van der Waals surface area contributed by atoms with E-state index in [2.05, 4.69) is 5.32 Å². The van der Waals surface area contributed by atoms with Crippen molar-refractivity contribution in [3.8, 4) is 0 Å². The van der Waals surface area contributed by atoms with Gasteiger partial charge in [-0.2, -0.15) is 0 Å². The summed E-state index contributed by atoms with van der Waals surface area (Å²) in [6.45, 7) is 0. The molecule has 0 aromatic heterocycles. The molecule has 0 amide bonds. The predicted molar refractivity (Wildman–Crippen MR) is 72.2 cm³/mol. The molecule has 0 aliphatic rings. The lowest BCUT2D eigenvalue weighted by atomic mass is 10.2. The van der Waals surface area contributed by atoms with Crippen LogP contribution in [0.1, 0.15) is 0 Å². The van der Waals surface area contributed by atoms with Crippen LogP contribution in [0, 0.1) is 15.9 Å². The summed E-state index contributed by atoms with van der Waals surface area (Å²) in [5.41, 5.74) is 6.44. The number of nitrogens with two attached hydrogens (primary N) is 1. The zero-order valence-electron chi connectivity index (χ0n) is 9.56. The second-order valence-electron chi connectivity index (χ2n) is 3.78. The van der Waals surface area contributed by atoms with Gasteiger partial charge in [-0.3, -0.25) is 10.1 Å². The fourth-order valence-corrected chi connectivity index (χ4v) is 1.76. The first kappa shape index (κ1) is 13.1. The van der Waals surface area contributed by atoms with Crippen LogP contribution in [0.4, 0.5) is 27.1 Å². The van der Waals surface area contributed by atoms with E-state index in [-0.39, 0.29) is 16.4 Å². The second-order valence-corrected chi connectivity index (χ2v) is 4.19. The molecule has 98 valence electrons. The highest BCUT2D eigenvalue weighted by Gasteiger charge is 2.11. The highest BCUT2D eigenvalue weighted by atomic mass is 35.5. The van der Waals surface area contributed by atoms with E-state index in [1.807, 2.05) is 0 Å². The summed E-state index contributed by atoms with van der Waals surface area (Å²) in [7, 11) is 0. The number of hydrogen-bond acceptors (Lipinski definition) is 4. The van der Waals surface area contributed by atoms with Gasteiger partial charge >= 0.3 is 0 Å². The van der Waals surface area contributed by atoms with E-state index in [4.69, 9.17) is 17.3 Å². The van der Waals surface area contributed by atoms with Gasteiger partial charge < -0.3 is 11.1 Å². The molecule has 0 aliphatic heterocycles. The quantitative estimate of drug-likeness (QED) is 0.510. The van der Waals surface area contributed by atoms with Crippen LogP contribution >= 0.6 is 11.6 Å². The van der Waals surface area contributed by atoms with Gasteiger partial charge in [0.15, 0.2) is 0 Å². The van der Waals surface area contributed by atoms with Crippen LogP contribution in [0.2, 0.25) is 5.02 Å². The van der Waals surface area contributed by atoms with Crippen molar-refractivity contribution < 1.29 is 9.31 Å². The molecule has 7 heteroatoms. The summed E-state index contributed by atoms with van der Waals surface area (Å²) in [5.74, 6) is -0.446. The first-order chi connectivity index (χ1) is 8.97. The average molecular weight is 282 g/mol. The molecule has 0 radical (unpaired) electrons. The molecule has 0 heterocycles. The lowest BCUT2D eigenvalue weighted by Crippen LogP contribution is -1.98. The summed E-state index contributed by atoms with van der Waals surface area (Å²) in [4.78, 5) is 10.1. The Hall–Kier alpha value is -2.34. The molecule has 2 aromatic carbocycles. The number of nitro groups is 1. The Balaban J connectivity index is 2.29. The standard InChI is InChI=1S/C12H9ClFN3O2/c13-9-5-7(14)1-3-11(9)16-8-2-4-12(17(18)19)10(15)6-8/h1-6,16H,15H2.